The van der Waals surface area contributed by atoms with Crippen LogP contribution in [0.2, 0.25) is 0 Å². The van der Waals surface area contributed by atoms with E-state index in [1.807, 2.05) is 0 Å². The average molecular weight is 758 g/mol. The number of likely N-dealkylation sites (tertiary alicyclic amines) is 1. The molecule has 10 N–H and O–H groups in total. The van der Waals surface area contributed by atoms with E-state index in [4.69, 9.17) is 14.2 Å². The minimum absolute atomic E-state index is 0. The second kappa shape index (κ2) is 16.2. The molecule has 3 fully saturated rings. The number of anilines is 1. The van der Waals surface area contributed by atoms with E-state index in [-0.39, 0.29) is 40.4 Å². The van der Waals surface area contributed by atoms with Crippen molar-refractivity contribution in [2.45, 2.75) is 98.9 Å². The molecule has 1 amide bonds. The number of halogens is 1. The Hall–Kier alpha value is -2.89. The predicted octanol–water partition coefficient (Wildman–Crippen LogP) is -6.58. The van der Waals surface area contributed by atoms with Gasteiger partial charge in [0.05, 0.1) is 48.6 Å². The zero-order chi connectivity index (χ0) is 36.6. The van der Waals surface area contributed by atoms with E-state index in [2.05, 4.69) is 10.6 Å². The Balaban J connectivity index is 0.00000676. The Kier molecular flexibility index (Phi) is 13.5. The molecule has 284 valence electrons. The highest BCUT2D eigenvalue weighted by molar-refractivity contribution is 7.91. The normalized spacial score (nSPS) is 35.8. The highest BCUT2D eigenvalue weighted by Gasteiger charge is 2.58. The number of methoxy groups -OCH3 is 1. The van der Waals surface area contributed by atoms with Gasteiger partial charge in [-0.1, -0.05) is 6.92 Å². The molecule has 12 unspecified atom stereocenters. The number of ether oxygens (including phenoxy) is 3. The molecule has 1 aromatic rings. The number of carbonyl (C=O) groups is 3. The van der Waals surface area contributed by atoms with E-state index in [0.717, 1.165) is 12.1 Å². The summed E-state index contributed by atoms with van der Waals surface area (Å²) in [6.07, 6.45) is -16.9. The van der Waals surface area contributed by atoms with Gasteiger partial charge in [0.25, 0.3) is 5.91 Å². The third-order valence-corrected chi connectivity index (χ3v) is 11.4. The van der Waals surface area contributed by atoms with E-state index in [9.17, 15) is 63.7 Å². The van der Waals surface area contributed by atoms with Crippen molar-refractivity contribution in [1.29, 1.82) is 0 Å². The van der Waals surface area contributed by atoms with Gasteiger partial charge in [-0.3, -0.25) is 9.28 Å². The van der Waals surface area contributed by atoms with Gasteiger partial charge in [0, 0.05) is 18.9 Å². The summed E-state index contributed by atoms with van der Waals surface area (Å²) in [5.41, 5.74) is -0.489. The lowest BCUT2D eigenvalue weighted by molar-refractivity contribution is -0.985. The molecule has 50 heavy (non-hydrogen) atoms. The summed E-state index contributed by atoms with van der Waals surface area (Å²) < 4.78 is 42.7. The topological polar surface area (TPSA) is 299 Å². The molecule has 3 heterocycles. The lowest BCUT2D eigenvalue weighted by Crippen LogP contribution is -3.00. The van der Waals surface area contributed by atoms with Gasteiger partial charge in [-0.25, -0.2) is 18.0 Å². The number of benzene rings is 1. The fourth-order valence-electron chi connectivity index (χ4n) is 6.86. The first-order chi connectivity index (χ1) is 22.9. The number of carboxylic acids is 2. The predicted molar refractivity (Wildman–Crippen MR) is 164 cm³/mol. The van der Waals surface area contributed by atoms with Crippen LogP contribution in [0.4, 0.5) is 5.69 Å². The van der Waals surface area contributed by atoms with E-state index in [1.54, 1.807) is 6.92 Å². The lowest BCUT2D eigenvalue weighted by Gasteiger charge is -2.50. The molecule has 0 saturated carbocycles. The highest BCUT2D eigenvalue weighted by atomic mass is 35.5. The third kappa shape index (κ3) is 7.65. The van der Waals surface area contributed by atoms with Crippen molar-refractivity contribution in [3.8, 4) is 5.75 Å². The zero-order valence-corrected chi connectivity index (χ0v) is 28.9. The van der Waals surface area contributed by atoms with Crippen molar-refractivity contribution < 1.29 is 94.8 Å². The quantitative estimate of drug-likeness (QED) is 0.0887. The van der Waals surface area contributed by atoms with Gasteiger partial charge < -0.3 is 78.1 Å². The second-order valence-electron chi connectivity index (χ2n) is 12.3. The zero-order valence-electron chi connectivity index (χ0n) is 27.3. The van der Waals surface area contributed by atoms with Crippen LogP contribution in [0.1, 0.15) is 37.0 Å². The minimum Gasteiger partial charge on any atom is -1.00 e. The first-order valence-electron chi connectivity index (χ1n) is 15.7. The van der Waals surface area contributed by atoms with Crippen LogP contribution < -0.4 is 27.8 Å². The molecular weight excluding hydrogens is 714 g/mol. The van der Waals surface area contributed by atoms with Crippen LogP contribution in [0, 0.1) is 0 Å². The molecule has 4 rings (SSSR count). The van der Waals surface area contributed by atoms with E-state index in [1.165, 1.54) is 14.0 Å². The number of carboxylic acid groups (broad SMARTS) is 2. The molecule has 3 saturated heterocycles. The Bertz CT molecular complexity index is 1520. The molecule has 1 aromatic carbocycles. The number of hydrogen-bond acceptors (Lipinski definition) is 15. The monoisotopic (exact) mass is 757 g/mol. The van der Waals surface area contributed by atoms with Gasteiger partial charge in [-0.05, 0) is 13.0 Å². The fraction of sp³-hybridized carbons (Fsp3) is 0.690. The van der Waals surface area contributed by atoms with Crippen LogP contribution in [0.25, 0.3) is 0 Å². The Morgan fingerprint density at radius 2 is 1.48 bits per heavy atom. The molecule has 0 spiro atoms. The van der Waals surface area contributed by atoms with Gasteiger partial charge >= 0.3 is 11.9 Å². The summed E-state index contributed by atoms with van der Waals surface area (Å²) in [6, 6.07) is 1.67. The summed E-state index contributed by atoms with van der Waals surface area (Å²) in [5, 5.41) is 86.5. The smallest absolute Gasteiger partial charge is 0.335 e. The number of aliphatic hydroxyl groups is 6. The van der Waals surface area contributed by atoms with Crippen LogP contribution in [0.5, 0.6) is 5.75 Å². The van der Waals surface area contributed by atoms with Gasteiger partial charge in [0.15, 0.2) is 34.4 Å². The SMILES string of the molecule is CC[N+]1(C2OC(C(=O)O)C(O)C(O)C2O)CCCC1CNC(=O)c1cc(S(=O)(=O)CC)c(NC2OC(C(=O)O)C(O)C(O)C2O)cc1OC.[Cl-]. The summed E-state index contributed by atoms with van der Waals surface area (Å²) in [5.74, 6) is -4.54. The summed E-state index contributed by atoms with van der Waals surface area (Å²) in [6.45, 7) is 3.73. The lowest BCUT2D eigenvalue weighted by atomic mass is 9.95. The third-order valence-electron chi connectivity index (χ3n) is 9.68. The molecular formula is C29H44ClN3O16S. The van der Waals surface area contributed by atoms with Crippen LogP contribution in [-0.2, 0) is 28.9 Å². The average Bonchev–Trinajstić information content (AvgIpc) is 3.49. The standard InChI is InChI=1S/C29H43N3O16S.ClH/c1-4-32(27-22(38)18(34)20(36)24(48-27)29(42)43)8-6-7-12(32)11-30-25(39)13-9-16(49(44,45)5-2)14(10-15(13)46-3)31-26-21(37)17(33)19(35)23(47-26)28(40)41;/h9-10,12,17-24,26-27,33-38H,4-8,11H2,1-3H3,(H3-,30,31,39,40,41,42,43);1H. The number of nitrogens with one attached hydrogen (secondary N) is 2. The molecule has 12 atom stereocenters. The van der Waals surface area contributed by atoms with Crippen LogP contribution in [-0.4, -0.2) is 171 Å². The largest absolute Gasteiger partial charge is 1.00 e. The van der Waals surface area contributed by atoms with Crippen molar-refractivity contribution in [2.75, 3.05) is 37.8 Å². The molecule has 3 aliphatic rings. The summed E-state index contributed by atoms with van der Waals surface area (Å²) in [4.78, 5) is 36.5. The first kappa shape index (κ1) is 41.5. The van der Waals surface area contributed by atoms with Crippen LogP contribution in [0.15, 0.2) is 17.0 Å². The molecule has 3 aliphatic heterocycles. The molecule has 0 aliphatic carbocycles. The van der Waals surface area contributed by atoms with Gasteiger partial charge in [0.2, 0.25) is 6.23 Å². The van der Waals surface area contributed by atoms with E-state index >= 15 is 0 Å². The number of amides is 1. The first-order valence-corrected chi connectivity index (χ1v) is 17.3. The van der Waals surface area contributed by atoms with Crippen molar-refractivity contribution in [2.24, 2.45) is 0 Å². The fourth-order valence-corrected chi connectivity index (χ4v) is 7.92. The van der Waals surface area contributed by atoms with Gasteiger partial charge in [-0.2, -0.15) is 0 Å². The molecule has 0 radical (unpaired) electrons. The highest BCUT2D eigenvalue weighted by Crippen LogP contribution is 2.38. The Morgan fingerprint density at radius 1 is 0.900 bits per heavy atom. The summed E-state index contributed by atoms with van der Waals surface area (Å²) in [7, 11) is -2.93. The number of hydrogen-bond donors (Lipinski definition) is 10. The number of nitrogens with zero attached hydrogens (tertiary/aromatic N) is 1. The molecule has 21 heteroatoms. The number of rotatable bonds is 12. The van der Waals surface area contributed by atoms with E-state index in [0.29, 0.717) is 25.9 Å². The van der Waals surface area contributed by atoms with Gasteiger partial charge in [-0.15, -0.1) is 0 Å². The van der Waals surface area contributed by atoms with Crippen LogP contribution >= 0.6 is 0 Å². The Labute approximate surface area is 293 Å². The maximum atomic E-state index is 13.6. The number of quaternary nitrogens is 1. The van der Waals surface area contributed by atoms with Crippen molar-refractivity contribution >= 4 is 33.4 Å². The molecule has 0 bridgehead atoms. The van der Waals surface area contributed by atoms with Crippen LogP contribution in [0.3, 0.4) is 0 Å². The van der Waals surface area contributed by atoms with Gasteiger partial charge in [0.1, 0.15) is 42.3 Å². The number of aliphatic carboxylic acids is 2. The number of sulfone groups is 1. The van der Waals surface area contributed by atoms with Crippen molar-refractivity contribution in [3.63, 3.8) is 0 Å². The number of aliphatic hydroxyl groups excluding tert-OH is 6. The van der Waals surface area contributed by atoms with Crippen molar-refractivity contribution in [3.05, 3.63) is 17.7 Å². The number of likely N-dealkylation sites (N-methyl/N-ethyl adjacent to an activating group) is 1. The van der Waals surface area contributed by atoms with Crippen molar-refractivity contribution in [1.82, 2.24) is 5.32 Å². The summed E-state index contributed by atoms with van der Waals surface area (Å²) >= 11 is 0. The molecule has 0 aromatic heterocycles. The Morgan fingerprint density at radius 3 is 2.02 bits per heavy atom. The second-order valence-corrected chi connectivity index (χ2v) is 14.5. The maximum Gasteiger partial charge on any atom is 0.335 e. The van der Waals surface area contributed by atoms with E-state index < -0.39 is 106 Å². The number of carbonyl (C=O) groups excluding carboxylic acids is 1. The minimum atomic E-state index is -4.13. The molecule has 19 nitrogen and oxygen atoms in total. The maximum absolute atomic E-state index is 13.6.